The van der Waals surface area contributed by atoms with E-state index in [-0.39, 0.29) is 5.41 Å². The Morgan fingerprint density at radius 1 is 1.33 bits per heavy atom. The molecule has 0 aliphatic carbocycles. The zero-order chi connectivity index (χ0) is 11.6. The Balaban J connectivity index is 3.32. The molecular weight excluding hydrogens is 192 g/mol. The SMILES string of the molecule is COc1ccc(C(=O)O)cc1C(C)(C)C. The second-order valence-corrected chi connectivity index (χ2v) is 4.47. The fraction of sp³-hybridized carbons (Fsp3) is 0.417. The van der Waals surface area contributed by atoms with Gasteiger partial charge in [-0.2, -0.15) is 0 Å². The first kappa shape index (κ1) is 11.6. The molecular formula is C12H16O3. The first-order chi connectivity index (χ1) is 6.86. The molecule has 0 aromatic heterocycles. The third-order valence-corrected chi connectivity index (χ3v) is 2.25. The number of carbonyl (C=O) groups is 1. The molecule has 0 atom stereocenters. The Morgan fingerprint density at radius 3 is 2.33 bits per heavy atom. The van der Waals surface area contributed by atoms with Crippen LogP contribution in [-0.2, 0) is 5.41 Å². The summed E-state index contributed by atoms with van der Waals surface area (Å²) in [5, 5.41) is 8.90. The minimum Gasteiger partial charge on any atom is -0.496 e. The summed E-state index contributed by atoms with van der Waals surface area (Å²) in [6.45, 7) is 6.07. The summed E-state index contributed by atoms with van der Waals surface area (Å²) in [4.78, 5) is 10.8. The maximum Gasteiger partial charge on any atom is 0.335 e. The molecule has 0 aliphatic rings. The number of hydrogen-bond acceptors (Lipinski definition) is 2. The number of rotatable bonds is 2. The highest BCUT2D eigenvalue weighted by atomic mass is 16.5. The van der Waals surface area contributed by atoms with E-state index in [1.165, 1.54) is 0 Å². The largest absolute Gasteiger partial charge is 0.496 e. The van der Waals surface area contributed by atoms with E-state index in [2.05, 4.69) is 0 Å². The summed E-state index contributed by atoms with van der Waals surface area (Å²) in [5.74, 6) is -0.185. The van der Waals surface area contributed by atoms with Crippen molar-refractivity contribution in [2.75, 3.05) is 7.11 Å². The summed E-state index contributed by atoms with van der Waals surface area (Å²) in [7, 11) is 1.59. The van der Waals surface area contributed by atoms with Gasteiger partial charge >= 0.3 is 5.97 Å². The minimum absolute atomic E-state index is 0.128. The smallest absolute Gasteiger partial charge is 0.335 e. The van der Waals surface area contributed by atoms with Gasteiger partial charge in [-0.25, -0.2) is 4.79 Å². The third-order valence-electron chi connectivity index (χ3n) is 2.25. The second-order valence-electron chi connectivity index (χ2n) is 4.47. The zero-order valence-electron chi connectivity index (χ0n) is 9.50. The number of aromatic carboxylic acids is 1. The molecule has 1 rings (SSSR count). The van der Waals surface area contributed by atoms with Gasteiger partial charge in [0.1, 0.15) is 5.75 Å². The quantitative estimate of drug-likeness (QED) is 0.812. The molecule has 0 fully saturated rings. The van der Waals surface area contributed by atoms with Crippen LogP contribution in [0.3, 0.4) is 0 Å². The van der Waals surface area contributed by atoms with Gasteiger partial charge in [-0.05, 0) is 23.6 Å². The van der Waals surface area contributed by atoms with E-state index in [0.29, 0.717) is 5.56 Å². The summed E-state index contributed by atoms with van der Waals surface area (Å²) < 4.78 is 5.21. The highest BCUT2D eigenvalue weighted by molar-refractivity contribution is 5.88. The Labute approximate surface area is 89.7 Å². The van der Waals surface area contributed by atoms with Crippen LogP contribution in [-0.4, -0.2) is 18.2 Å². The van der Waals surface area contributed by atoms with E-state index < -0.39 is 5.97 Å². The molecule has 0 spiro atoms. The lowest BCUT2D eigenvalue weighted by atomic mass is 9.85. The zero-order valence-corrected chi connectivity index (χ0v) is 9.50. The van der Waals surface area contributed by atoms with Gasteiger partial charge in [0.15, 0.2) is 0 Å². The number of benzene rings is 1. The van der Waals surface area contributed by atoms with Crippen molar-refractivity contribution in [1.82, 2.24) is 0 Å². The van der Waals surface area contributed by atoms with Crippen molar-refractivity contribution in [3.63, 3.8) is 0 Å². The number of methoxy groups -OCH3 is 1. The van der Waals surface area contributed by atoms with Crippen LogP contribution < -0.4 is 4.74 Å². The van der Waals surface area contributed by atoms with Gasteiger partial charge in [0.25, 0.3) is 0 Å². The average Bonchev–Trinajstić information content (AvgIpc) is 2.15. The third kappa shape index (κ3) is 2.49. The first-order valence-electron chi connectivity index (χ1n) is 4.78. The van der Waals surface area contributed by atoms with Gasteiger partial charge in [-0.1, -0.05) is 20.8 Å². The van der Waals surface area contributed by atoms with Crippen molar-refractivity contribution in [2.24, 2.45) is 0 Å². The van der Waals surface area contributed by atoms with Gasteiger partial charge in [0, 0.05) is 5.56 Å². The number of hydrogen-bond donors (Lipinski definition) is 1. The molecule has 1 aromatic rings. The molecule has 82 valence electrons. The molecule has 0 unspecified atom stereocenters. The average molecular weight is 208 g/mol. The van der Waals surface area contributed by atoms with E-state index in [1.54, 1.807) is 25.3 Å². The fourth-order valence-electron chi connectivity index (χ4n) is 1.43. The summed E-state index contributed by atoms with van der Waals surface area (Å²) >= 11 is 0. The van der Waals surface area contributed by atoms with Gasteiger partial charge in [-0.3, -0.25) is 0 Å². The van der Waals surface area contributed by atoms with E-state index in [1.807, 2.05) is 20.8 Å². The lowest BCUT2D eigenvalue weighted by molar-refractivity contribution is 0.0696. The standard InChI is InChI=1S/C12H16O3/c1-12(2,3)9-7-8(11(13)14)5-6-10(9)15-4/h5-7H,1-4H3,(H,13,14). The molecule has 3 nitrogen and oxygen atoms in total. The first-order valence-corrected chi connectivity index (χ1v) is 4.78. The van der Waals surface area contributed by atoms with Crippen LogP contribution in [0.2, 0.25) is 0 Å². The van der Waals surface area contributed by atoms with Crippen LogP contribution in [0.1, 0.15) is 36.7 Å². The van der Waals surface area contributed by atoms with Gasteiger partial charge in [0.05, 0.1) is 12.7 Å². The summed E-state index contributed by atoms with van der Waals surface area (Å²) in [6, 6.07) is 4.92. The predicted molar refractivity (Wildman–Crippen MR) is 58.7 cm³/mol. The van der Waals surface area contributed by atoms with Crippen LogP contribution in [0.4, 0.5) is 0 Å². The molecule has 0 heterocycles. The van der Waals surface area contributed by atoms with Crippen LogP contribution in [0, 0.1) is 0 Å². The highest BCUT2D eigenvalue weighted by Gasteiger charge is 2.20. The van der Waals surface area contributed by atoms with Gasteiger partial charge in [-0.15, -0.1) is 0 Å². The lowest BCUT2D eigenvalue weighted by Crippen LogP contribution is -2.14. The van der Waals surface area contributed by atoms with E-state index in [0.717, 1.165) is 11.3 Å². The fourth-order valence-corrected chi connectivity index (χ4v) is 1.43. The number of carboxylic acid groups (broad SMARTS) is 1. The van der Waals surface area contributed by atoms with E-state index in [4.69, 9.17) is 9.84 Å². The molecule has 0 saturated carbocycles. The Bertz CT molecular complexity index is 375. The molecule has 0 saturated heterocycles. The monoisotopic (exact) mass is 208 g/mol. The Morgan fingerprint density at radius 2 is 1.93 bits per heavy atom. The molecule has 1 aromatic carbocycles. The van der Waals surface area contributed by atoms with Crippen LogP contribution in [0.5, 0.6) is 5.75 Å². The predicted octanol–water partition coefficient (Wildman–Crippen LogP) is 2.69. The van der Waals surface area contributed by atoms with Crippen molar-refractivity contribution in [3.8, 4) is 5.75 Å². The molecule has 0 radical (unpaired) electrons. The van der Waals surface area contributed by atoms with Crippen molar-refractivity contribution in [3.05, 3.63) is 29.3 Å². The normalized spacial score (nSPS) is 11.2. The molecule has 0 amide bonds. The van der Waals surface area contributed by atoms with Crippen LogP contribution in [0.15, 0.2) is 18.2 Å². The number of ether oxygens (including phenoxy) is 1. The van der Waals surface area contributed by atoms with Crippen molar-refractivity contribution in [1.29, 1.82) is 0 Å². The second kappa shape index (κ2) is 3.93. The van der Waals surface area contributed by atoms with Gasteiger partial charge in [0.2, 0.25) is 0 Å². The Kier molecular flexibility index (Phi) is 3.03. The molecule has 3 heteroatoms. The maximum absolute atomic E-state index is 10.8. The molecule has 0 aliphatic heterocycles. The van der Waals surface area contributed by atoms with Crippen LogP contribution in [0.25, 0.3) is 0 Å². The van der Waals surface area contributed by atoms with E-state index >= 15 is 0 Å². The van der Waals surface area contributed by atoms with Crippen molar-refractivity contribution in [2.45, 2.75) is 26.2 Å². The number of carboxylic acids is 1. The summed E-state index contributed by atoms with van der Waals surface area (Å²) in [5.41, 5.74) is 1.07. The maximum atomic E-state index is 10.8. The van der Waals surface area contributed by atoms with Gasteiger partial charge < -0.3 is 9.84 Å². The van der Waals surface area contributed by atoms with Crippen LogP contribution >= 0.6 is 0 Å². The Hall–Kier alpha value is -1.51. The summed E-state index contributed by atoms with van der Waals surface area (Å²) in [6.07, 6.45) is 0. The molecule has 0 bridgehead atoms. The van der Waals surface area contributed by atoms with Crippen molar-refractivity contribution >= 4 is 5.97 Å². The lowest BCUT2D eigenvalue weighted by Gasteiger charge is -2.22. The minimum atomic E-state index is -0.914. The molecule has 15 heavy (non-hydrogen) atoms. The van der Waals surface area contributed by atoms with E-state index in [9.17, 15) is 4.79 Å². The molecule has 1 N–H and O–H groups in total. The van der Waals surface area contributed by atoms with Crippen molar-refractivity contribution < 1.29 is 14.6 Å². The topological polar surface area (TPSA) is 46.5 Å². The highest BCUT2D eigenvalue weighted by Crippen LogP contribution is 2.31.